The predicted octanol–water partition coefficient (Wildman–Crippen LogP) is -0.607. The lowest BCUT2D eigenvalue weighted by Gasteiger charge is -1.77. The van der Waals surface area contributed by atoms with E-state index in [1.807, 2.05) is 0 Å². The van der Waals surface area contributed by atoms with Crippen LogP contribution >= 0.6 is 0 Å². The number of quaternary nitrogens is 5. The maximum Gasteiger partial charge on any atom is 0.0383 e. The van der Waals surface area contributed by atoms with Gasteiger partial charge in [-0.1, -0.05) is 0 Å². The van der Waals surface area contributed by atoms with E-state index in [2.05, 4.69) is 0 Å². The summed E-state index contributed by atoms with van der Waals surface area (Å²) in [6, 6.07) is 0. The summed E-state index contributed by atoms with van der Waals surface area (Å²) in [5.74, 6) is -2.17. The highest BCUT2D eigenvalue weighted by Gasteiger charge is 1.46. The normalized spacial score (nSPS) is 3.85. The summed E-state index contributed by atoms with van der Waals surface area (Å²) in [4.78, 5) is 17.8. The molecule has 0 aromatic heterocycles. The van der Waals surface area contributed by atoms with Gasteiger partial charge in [-0.15, -0.1) is 0 Å². The molecular weight excluding hydrogens is 182 g/mol. The number of carbonyl (C=O) groups excluding carboxylic acids is 2. The average molecular weight is 208 g/mol. The molecule has 9 heteroatoms. The third kappa shape index (κ3) is 517. The molecule has 0 amide bonds. The van der Waals surface area contributed by atoms with Crippen molar-refractivity contribution in [2.45, 2.75) is 13.8 Å². The number of hydrogen-bond acceptors (Lipinski definition) is 4. The van der Waals surface area contributed by atoms with Gasteiger partial charge in [0.15, 0.2) is 0 Å². The minimum Gasteiger partial charge on any atom is -0.550 e. The van der Waals surface area contributed by atoms with Crippen LogP contribution in [0.4, 0.5) is 0 Å². The zero-order valence-corrected chi connectivity index (χ0v) is 9.63. The first kappa shape index (κ1) is 60.3. The molecule has 0 saturated heterocycles. The first-order chi connectivity index (χ1) is 3.46. The number of carbonyl (C=O) groups is 2. The fourth-order valence-corrected chi connectivity index (χ4v) is 0. The SMILES string of the molecule is CC(=O)[O-].CC(=O)[O-].[NH4+].[NH4+].[NH4+].[NH4+].[NH4+]. The second kappa shape index (κ2) is 45.3. The van der Waals surface area contributed by atoms with Crippen molar-refractivity contribution in [2.75, 3.05) is 0 Å². The van der Waals surface area contributed by atoms with Crippen molar-refractivity contribution >= 4 is 11.9 Å². The van der Waals surface area contributed by atoms with Crippen LogP contribution in [0.15, 0.2) is 0 Å². The van der Waals surface area contributed by atoms with Crippen molar-refractivity contribution in [1.29, 1.82) is 0 Å². The molecule has 20 N–H and O–H groups in total. The Hall–Kier alpha value is -1.26. The van der Waals surface area contributed by atoms with Gasteiger partial charge < -0.3 is 50.6 Å². The molecule has 0 atom stereocenters. The van der Waals surface area contributed by atoms with Gasteiger partial charge in [-0.2, -0.15) is 0 Å². The highest BCUT2D eigenvalue weighted by atomic mass is 16.4. The van der Waals surface area contributed by atoms with E-state index in [0.29, 0.717) is 0 Å². The lowest BCUT2D eigenvalue weighted by atomic mass is 10.9. The molecule has 88 valence electrons. The molecule has 0 saturated carbocycles. The van der Waals surface area contributed by atoms with Crippen molar-refractivity contribution in [1.82, 2.24) is 30.8 Å². The lowest BCUT2D eigenvalue weighted by molar-refractivity contribution is -0.303. The molecule has 9 nitrogen and oxygen atoms in total. The Balaban J connectivity index is -0.00000000800. The maximum atomic E-state index is 8.89. The molecule has 0 rings (SSSR count). The van der Waals surface area contributed by atoms with Crippen molar-refractivity contribution in [3.63, 3.8) is 0 Å². The molecule has 0 fully saturated rings. The number of rotatable bonds is 0. The molecule has 0 unspecified atom stereocenters. The van der Waals surface area contributed by atoms with Gasteiger partial charge in [-0.25, -0.2) is 0 Å². The third-order valence-corrected chi connectivity index (χ3v) is 0. The molecule has 0 aromatic rings. The average Bonchev–Trinajstić information content (AvgIpc) is 1.25. The number of aliphatic carboxylic acids is 2. The highest BCUT2D eigenvalue weighted by Crippen LogP contribution is 1.31. The summed E-state index contributed by atoms with van der Waals surface area (Å²) in [5.41, 5.74) is 0. The molecule has 0 heterocycles. The molecule has 0 bridgehead atoms. The van der Waals surface area contributed by atoms with Crippen LogP contribution < -0.4 is 41.0 Å². The van der Waals surface area contributed by atoms with Crippen LogP contribution in [0.5, 0.6) is 0 Å². The Labute approximate surface area is 77.4 Å². The van der Waals surface area contributed by atoms with Crippen molar-refractivity contribution in [3.8, 4) is 0 Å². The molecule has 0 spiro atoms. The van der Waals surface area contributed by atoms with E-state index in [0.717, 1.165) is 13.8 Å². The van der Waals surface area contributed by atoms with E-state index in [9.17, 15) is 0 Å². The summed E-state index contributed by atoms with van der Waals surface area (Å²) in [5, 5.41) is 17.8. The molecule has 13 heavy (non-hydrogen) atoms. The highest BCUT2D eigenvalue weighted by molar-refractivity contribution is 5.60. The van der Waals surface area contributed by atoms with Crippen LogP contribution in [0, 0.1) is 0 Å². The van der Waals surface area contributed by atoms with Crippen molar-refractivity contribution in [2.24, 2.45) is 0 Å². The van der Waals surface area contributed by atoms with Gasteiger partial charge >= 0.3 is 0 Å². The van der Waals surface area contributed by atoms with Crippen molar-refractivity contribution in [3.05, 3.63) is 0 Å². The van der Waals surface area contributed by atoms with Gasteiger partial charge in [0.25, 0.3) is 0 Å². The fourth-order valence-electron chi connectivity index (χ4n) is 0. The van der Waals surface area contributed by atoms with Crippen molar-refractivity contribution < 1.29 is 19.8 Å². The van der Waals surface area contributed by atoms with Gasteiger partial charge in [-0.3, -0.25) is 0 Å². The Bertz CT molecular complexity index is 78.5. The number of carboxylic acids is 2. The van der Waals surface area contributed by atoms with E-state index >= 15 is 0 Å². The number of hydrogen-bond donors (Lipinski definition) is 5. The van der Waals surface area contributed by atoms with E-state index in [1.165, 1.54) is 0 Å². The maximum absolute atomic E-state index is 8.89. The molecular formula is C4H26N5O4+3. The minimum atomic E-state index is -1.08. The molecule has 0 aliphatic rings. The summed E-state index contributed by atoms with van der Waals surface area (Å²) >= 11 is 0. The second-order valence-corrected chi connectivity index (χ2v) is 0.983. The van der Waals surface area contributed by atoms with E-state index in [1.54, 1.807) is 0 Å². The smallest absolute Gasteiger partial charge is 0.0383 e. The van der Waals surface area contributed by atoms with Gasteiger partial charge in [0.1, 0.15) is 0 Å². The fraction of sp³-hybridized carbons (Fsp3) is 0.500. The van der Waals surface area contributed by atoms with Gasteiger partial charge in [0.05, 0.1) is 0 Å². The second-order valence-electron chi connectivity index (χ2n) is 0.983. The predicted molar refractivity (Wildman–Crippen MR) is 51.3 cm³/mol. The Morgan fingerprint density at radius 1 is 0.692 bits per heavy atom. The number of carboxylic acid groups (broad SMARTS) is 2. The Morgan fingerprint density at radius 3 is 0.692 bits per heavy atom. The minimum absolute atomic E-state index is 0. The molecule has 0 aliphatic heterocycles. The summed E-state index contributed by atoms with van der Waals surface area (Å²) in [6.07, 6.45) is 0. The van der Waals surface area contributed by atoms with Crippen LogP contribution in [0.2, 0.25) is 0 Å². The van der Waals surface area contributed by atoms with Gasteiger partial charge in [0.2, 0.25) is 0 Å². The standard InChI is InChI=1S/2C2H4O2.5H3N/c2*1-2(3)4;;;;;/h2*1H3,(H,3,4);5*1H3/p+3. The quantitative estimate of drug-likeness (QED) is 0.348. The Morgan fingerprint density at radius 2 is 0.692 bits per heavy atom. The van der Waals surface area contributed by atoms with E-state index in [4.69, 9.17) is 19.8 Å². The molecule has 0 radical (unpaired) electrons. The van der Waals surface area contributed by atoms with Crippen LogP contribution in [0.1, 0.15) is 13.8 Å². The molecule has 0 aliphatic carbocycles. The topological polar surface area (TPSA) is 263 Å². The van der Waals surface area contributed by atoms with E-state index < -0.39 is 11.9 Å². The van der Waals surface area contributed by atoms with Crippen LogP contribution in [0.25, 0.3) is 0 Å². The monoisotopic (exact) mass is 208 g/mol. The molecule has 0 aromatic carbocycles. The van der Waals surface area contributed by atoms with Crippen LogP contribution in [-0.4, -0.2) is 11.9 Å². The summed E-state index contributed by atoms with van der Waals surface area (Å²) < 4.78 is 0. The zero-order valence-electron chi connectivity index (χ0n) is 9.63. The largest absolute Gasteiger partial charge is 0.550 e. The third-order valence-electron chi connectivity index (χ3n) is 0. The van der Waals surface area contributed by atoms with Crippen LogP contribution in [0.3, 0.4) is 0 Å². The lowest BCUT2D eigenvalue weighted by Crippen LogP contribution is -2.16. The zero-order chi connectivity index (χ0) is 7.15. The van der Waals surface area contributed by atoms with Gasteiger partial charge in [0, 0.05) is 11.9 Å². The van der Waals surface area contributed by atoms with Crippen LogP contribution in [-0.2, 0) is 9.59 Å². The first-order valence-electron chi connectivity index (χ1n) is 1.82. The Kier molecular flexibility index (Phi) is 210. The van der Waals surface area contributed by atoms with Gasteiger partial charge in [-0.05, 0) is 13.8 Å². The summed E-state index contributed by atoms with van der Waals surface area (Å²) in [6.45, 7) is 1.94. The summed E-state index contributed by atoms with van der Waals surface area (Å²) in [7, 11) is 0. The van der Waals surface area contributed by atoms with E-state index in [-0.39, 0.29) is 30.8 Å². The first-order valence-corrected chi connectivity index (χ1v) is 1.82.